The highest BCUT2D eigenvalue weighted by atomic mass is 16.7. The molecule has 0 aromatic carbocycles. The van der Waals surface area contributed by atoms with Crippen molar-refractivity contribution in [3.8, 4) is 0 Å². The summed E-state index contributed by atoms with van der Waals surface area (Å²) in [6, 6.07) is -0.310. The van der Waals surface area contributed by atoms with E-state index in [1.165, 1.54) is 21.1 Å². The van der Waals surface area contributed by atoms with Crippen molar-refractivity contribution in [2.45, 2.75) is 179 Å². The molecule has 18 unspecified atom stereocenters. The van der Waals surface area contributed by atoms with Gasteiger partial charge in [-0.15, -0.1) is 0 Å². The summed E-state index contributed by atoms with van der Waals surface area (Å²) >= 11 is 0. The molecular weight excluding hydrogens is 758 g/mol. The van der Waals surface area contributed by atoms with E-state index in [2.05, 4.69) is 5.32 Å². The Kier molecular flexibility index (Phi) is 18.0. The number of aliphatic hydroxyl groups is 3. The third-order valence-corrected chi connectivity index (χ3v) is 12.9. The number of rotatable bonds is 11. The van der Waals surface area contributed by atoms with E-state index in [9.17, 15) is 29.7 Å². The molecule has 1 amide bonds. The van der Waals surface area contributed by atoms with Gasteiger partial charge in [0.15, 0.2) is 18.7 Å². The van der Waals surface area contributed by atoms with Gasteiger partial charge >= 0.3 is 12.1 Å². The number of ether oxygens (including phenoxy) is 8. The van der Waals surface area contributed by atoms with Crippen molar-refractivity contribution < 1.29 is 67.6 Å². The molecule has 3 fully saturated rings. The van der Waals surface area contributed by atoms with E-state index in [0.717, 1.165) is 0 Å². The molecule has 17 nitrogen and oxygen atoms in total. The summed E-state index contributed by atoms with van der Waals surface area (Å²) in [7, 11) is 6.73. The number of nitrogens with two attached hydrogens (primary N) is 1. The fourth-order valence-corrected chi connectivity index (χ4v) is 9.12. The lowest BCUT2D eigenvalue weighted by Gasteiger charge is -2.50. The molecule has 0 radical (unpaired) electrons. The minimum atomic E-state index is -2.00. The number of aliphatic hydroxyl groups excluding tert-OH is 2. The standard InChI is InChI=1S/C41H75N3O14/c1-15-28-41(10,50)33(47)23(4)30(45)21(2)19-39(8,51-13)34(57-37-31(46)27(44(11)12)18-22(3)53-37)24(5)32(25(6)36(48)55-28)56-29-20-40(9,52-14)35(26(7)54-29)58-38(49)43-17-16-42/h21-29,31-35,37,46-47,50H,15-20,42H2,1-14H3,(H,43,49). The smallest absolute Gasteiger partial charge is 0.407 e. The maximum Gasteiger partial charge on any atom is 0.407 e. The number of carbonyl (C=O) groups excluding carboxylic acids is 3. The first kappa shape index (κ1) is 50.3. The fourth-order valence-electron chi connectivity index (χ4n) is 9.12. The molecule has 0 bridgehead atoms. The second-order valence-electron chi connectivity index (χ2n) is 17.7. The van der Waals surface area contributed by atoms with Gasteiger partial charge in [0.25, 0.3) is 0 Å². The van der Waals surface area contributed by atoms with Crippen LogP contribution >= 0.6 is 0 Å². The average molecular weight is 834 g/mol. The minimum absolute atomic E-state index is 0.0646. The molecule has 6 N–H and O–H groups in total. The number of alkyl carbamates (subject to hydrolysis) is 1. The topological polar surface area (TPSA) is 227 Å². The zero-order valence-corrected chi connectivity index (χ0v) is 37.3. The van der Waals surface area contributed by atoms with Crippen LogP contribution in [-0.2, 0) is 47.5 Å². The van der Waals surface area contributed by atoms with Crippen molar-refractivity contribution in [1.82, 2.24) is 10.2 Å². The van der Waals surface area contributed by atoms with Crippen LogP contribution in [-0.4, -0.2) is 164 Å². The zero-order chi connectivity index (χ0) is 44.1. The SMILES string of the molecule is CCC1OC(=O)C(C)C(OC2CC(C)(OC)C(OC(=O)NCCN)C(C)O2)C(C)C(OC2OC(C)CC(N(C)C)C2O)C(C)(OC)CC(C)C(=O)C(C)C(O)C1(C)O. The Morgan fingerprint density at radius 1 is 0.931 bits per heavy atom. The molecule has 0 spiro atoms. The lowest BCUT2D eigenvalue weighted by molar-refractivity contribution is -0.319. The summed E-state index contributed by atoms with van der Waals surface area (Å²) in [5, 5.41) is 37.5. The van der Waals surface area contributed by atoms with Crippen LogP contribution in [0.1, 0.15) is 94.9 Å². The second-order valence-corrected chi connectivity index (χ2v) is 17.7. The Balaban J connectivity index is 2.20. The molecule has 0 aromatic rings. The zero-order valence-electron chi connectivity index (χ0n) is 37.3. The molecule has 338 valence electrons. The van der Waals surface area contributed by atoms with Crippen molar-refractivity contribution >= 4 is 17.8 Å². The number of nitrogens with zero attached hydrogens (tertiary/aromatic N) is 1. The highest BCUT2D eigenvalue weighted by Gasteiger charge is 2.55. The number of amides is 1. The van der Waals surface area contributed by atoms with E-state index in [1.54, 1.807) is 48.5 Å². The Hall–Kier alpha value is -2.03. The van der Waals surface area contributed by atoms with E-state index >= 15 is 0 Å². The highest BCUT2D eigenvalue weighted by molar-refractivity contribution is 5.83. The molecule has 3 aliphatic rings. The molecule has 3 aliphatic heterocycles. The van der Waals surface area contributed by atoms with Crippen molar-refractivity contribution in [3.05, 3.63) is 0 Å². The molecule has 17 heteroatoms. The Labute approximate surface area is 345 Å². The van der Waals surface area contributed by atoms with Crippen LogP contribution in [0.4, 0.5) is 4.79 Å². The average Bonchev–Trinajstić information content (AvgIpc) is 3.17. The van der Waals surface area contributed by atoms with E-state index < -0.39 is 108 Å². The van der Waals surface area contributed by atoms with Gasteiger partial charge < -0.3 is 69.2 Å². The molecular formula is C41H75N3O14. The first-order chi connectivity index (χ1) is 26.9. The van der Waals surface area contributed by atoms with Crippen LogP contribution < -0.4 is 11.1 Å². The predicted molar refractivity (Wildman–Crippen MR) is 212 cm³/mol. The van der Waals surface area contributed by atoms with Gasteiger partial charge in [-0.2, -0.15) is 0 Å². The molecule has 0 saturated carbocycles. The van der Waals surface area contributed by atoms with Gasteiger partial charge in [-0.1, -0.05) is 27.7 Å². The summed E-state index contributed by atoms with van der Waals surface area (Å²) in [6.45, 7) is 17.4. The van der Waals surface area contributed by atoms with Crippen LogP contribution in [0.5, 0.6) is 0 Å². The molecule has 3 rings (SSSR count). The van der Waals surface area contributed by atoms with Crippen LogP contribution in [0.15, 0.2) is 0 Å². The van der Waals surface area contributed by atoms with Gasteiger partial charge in [-0.05, 0) is 74.9 Å². The van der Waals surface area contributed by atoms with Gasteiger partial charge in [0.05, 0.1) is 42.0 Å². The normalized spacial score (nSPS) is 45.0. The summed E-state index contributed by atoms with van der Waals surface area (Å²) in [4.78, 5) is 43.0. The third-order valence-electron chi connectivity index (χ3n) is 12.9. The molecule has 0 aromatic heterocycles. The van der Waals surface area contributed by atoms with Gasteiger partial charge in [0.2, 0.25) is 0 Å². The first-order valence-electron chi connectivity index (χ1n) is 20.8. The van der Waals surface area contributed by atoms with Crippen LogP contribution in [0.3, 0.4) is 0 Å². The first-order valence-corrected chi connectivity index (χ1v) is 20.8. The lowest BCUT2D eigenvalue weighted by atomic mass is 9.74. The van der Waals surface area contributed by atoms with E-state index in [0.29, 0.717) is 6.42 Å². The van der Waals surface area contributed by atoms with Crippen LogP contribution in [0.25, 0.3) is 0 Å². The number of hydrogen-bond acceptors (Lipinski definition) is 16. The second kappa shape index (κ2) is 20.7. The molecule has 0 aliphatic carbocycles. The number of esters is 1. The molecule has 3 heterocycles. The van der Waals surface area contributed by atoms with E-state index in [4.69, 9.17) is 43.6 Å². The molecule has 18 atom stereocenters. The summed E-state index contributed by atoms with van der Waals surface area (Å²) in [5.74, 6) is -4.68. The Morgan fingerprint density at radius 2 is 1.53 bits per heavy atom. The number of cyclic esters (lactones) is 1. The summed E-state index contributed by atoms with van der Waals surface area (Å²) in [5.41, 5.74) is 1.15. The number of hydrogen-bond donors (Lipinski definition) is 5. The van der Waals surface area contributed by atoms with E-state index in [1.807, 2.05) is 32.8 Å². The monoisotopic (exact) mass is 834 g/mol. The van der Waals surface area contributed by atoms with Gasteiger partial charge in [-0.3, -0.25) is 9.59 Å². The fraction of sp³-hybridized carbons (Fsp3) is 0.927. The number of methoxy groups -OCH3 is 2. The summed E-state index contributed by atoms with van der Waals surface area (Å²) in [6.07, 6.45) is -9.86. The lowest BCUT2D eigenvalue weighted by Crippen LogP contribution is -2.62. The van der Waals surface area contributed by atoms with Crippen molar-refractivity contribution in [2.24, 2.45) is 29.4 Å². The van der Waals surface area contributed by atoms with Gasteiger partial charge in [0.1, 0.15) is 29.2 Å². The predicted octanol–water partition coefficient (Wildman–Crippen LogP) is 2.13. The highest BCUT2D eigenvalue weighted by Crippen LogP contribution is 2.42. The number of carbonyl (C=O) groups is 3. The largest absolute Gasteiger partial charge is 0.459 e. The number of likely N-dealkylation sites (N-methyl/N-ethyl adjacent to an activating group) is 1. The van der Waals surface area contributed by atoms with Crippen molar-refractivity contribution in [3.63, 3.8) is 0 Å². The van der Waals surface area contributed by atoms with Gasteiger partial charge in [0, 0.05) is 57.5 Å². The Bertz CT molecular complexity index is 1360. The van der Waals surface area contributed by atoms with Crippen LogP contribution in [0, 0.1) is 23.7 Å². The number of nitrogens with one attached hydrogen (secondary N) is 1. The van der Waals surface area contributed by atoms with E-state index in [-0.39, 0.29) is 50.3 Å². The Morgan fingerprint density at radius 3 is 2.09 bits per heavy atom. The maximum absolute atomic E-state index is 14.3. The minimum Gasteiger partial charge on any atom is -0.459 e. The van der Waals surface area contributed by atoms with Gasteiger partial charge in [-0.25, -0.2) is 4.79 Å². The number of ketones is 1. The molecule has 3 saturated heterocycles. The third kappa shape index (κ3) is 11.3. The molecule has 58 heavy (non-hydrogen) atoms. The van der Waals surface area contributed by atoms with Crippen molar-refractivity contribution in [2.75, 3.05) is 41.4 Å². The number of Topliss-reactive ketones (excluding diaryl/α,β-unsaturated/α-hetero) is 1. The maximum atomic E-state index is 14.3. The summed E-state index contributed by atoms with van der Waals surface area (Å²) < 4.78 is 50.3. The van der Waals surface area contributed by atoms with Crippen molar-refractivity contribution in [1.29, 1.82) is 0 Å². The van der Waals surface area contributed by atoms with Crippen LogP contribution in [0.2, 0.25) is 0 Å². The quantitative estimate of drug-likeness (QED) is 0.188.